The van der Waals surface area contributed by atoms with Crippen molar-refractivity contribution in [2.24, 2.45) is 4.99 Å². The van der Waals surface area contributed by atoms with E-state index in [-0.39, 0.29) is 17.5 Å². The van der Waals surface area contributed by atoms with E-state index in [1.165, 1.54) is 24.4 Å². The third kappa shape index (κ3) is 4.75. The highest BCUT2D eigenvalue weighted by molar-refractivity contribution is 6.30. The zero-order valence-electron chi connectivity index (χ0n) is 15.6. The number of hydrogen-bond donors (Lipinski definition) is 0. The number of benzene rings is 2. The summed E-state index contributed by atoms with van der Waals surface area (Å²) in [6, 6.07) is 14.2. The van der Waals surface area contributed by atoms with Crippen LogP contribution in [0.2, 0.25) is 5.02 Å². The lowest BCUT2D eigenvalue weighted by Gasteiger charge is -2.08. The summed E-state index contributed by atoms with van der Waals surface area (Å²) in [5, 5.41) is 0.542. The van der Waals surface area contributed by atoms with Gasteiger partial charge in [0.2, 0.25) is 11.8 Å². The van der Waals surface area contributed by atoms with Gasteiger partial charge in [0.25, 0.3) is 0 Å². The molecule has 0 radical (unpaired) electrons. The van der Waals surface area contributed by atoms with Gasteiger partial charge in [-0.2, -0.15) is 13.2 Å². The lowest BCUT2D eigenvalue weighted by molar-refractivity contribution is -0.137. The first kappa shape index (κ1) is 20.6. The van der Waals surface area contributed by atoms with Gasteiger partial charge in [-0.05, 0) is 60.2 Å². The van der Waals surface area contributed by atoms with E-state index in [1.54, 1.807) is 36.4 Å². The van der Waals surface area contributed by atoms with Crippen LogP contribution in [0.15, 0.2) is 77.5 Å². The number of ether oxygens (including phenoxy) is 2. The minimum Gasteiger partial charge on any atom is -0.438 e. The minimum atomic E-state index is -4.44. The van der Waals surface area contributed by atoms with E-state index in [9.17, 15) is 18.0 Å². The Labute approximate surface area is 179 Å². The number of aromatic nitrogens is 1. The molecule has 3 aromatic rings. The van der Waals surface area contributed by atoms with E-state index in [0.717, 1.165) is 12.1 Å². The van der Waals surface area contributed by atoms with Gasteiger partial charge in [0.1, 0.15) is 5.75 Å². The highest BCUT2D eigenvalue weighted by Crippen LogP contribution is 2.30. The second-order valence-corrected chi connectivity index (χ2v) is 6.80. The van der Waals surface area contributed by atoms with Crippen LogP contribution in [0.4, 0.5) is 13.2 Å². The number of alkyl halides is 3. The van der Waals surface area contributed by atoms with Crippen molar-refractivity contribution in [2.75, 3.05) is 0 Å². The normalized spacial score (nSPS) is 15.0. The van der Waals surface area contributed by atoms with E-state index < -0.39 is 17.7 Å². The fourth-order valence-electron chi connectivity index (χ4n) is 2.70. The van der Waals surface area contributed by atoms with Gasteiger partial charge in [-0.25, -0.2) is 14.8 Å². The van der Waals surface area contributed by atoms with Crippen LogP contribution in [0.25, 0.3) is 6.08 Å². The number of nitrogens with zero attached hydrogens (tertiary/aromatic N) is 2. The third-order valence-electron chi connectivity index (χ3n) is 4.19. The van der Waals surface area contributed by atoms with Gasteiger partial charge in [0, 0.05) is 11.2 Å². The molecule has 1 aliphatic heterocycles. The van der Waals surface area contributed by atoms with Crippen LogP contribution in [-0.4, -0.2) is 16.9 Å². The molecule has 2 heterocycles. The zero-order valence-corrected chi connectivity index (χ0v) is 16.3. The average molecular weight is 445 g/mol. The van der Waals surface area contributed by atoms with Crippen molar-refractivity contribution in [1.82, 2.24) is 4.98 Å². The highest BCUT2D eigenvalue weighted by atomic mass is 35.5. The summed E-state index contributed by atoms with van der Waals surface area (Å²) in [6.07, 6.45) is -1.60. The number of pyridine rings is 1. The van der Waals surface area contributed by atoms with Crippen molar-refractivity contribution < 1.29 is 27.4 Å². The van der Waals surface area contributed by atoms with Gasteiger partial charge in [0.05, 0.1) is 11.1 Å². The van der Waals surface area contributed by atoms with Crippen LogP contribution >= 0.6 is 11.6 Å². The number of cyclic esters (lactones) is 1. The Hall–Kier alpha value is -3.65. The largest absolute Gasteiger partial charge is 0.438 e. The predicted molar refractivity (Wildman–Crippen MR) is 108 cm³/mol. The van der Waals surface area contributed by atoms with Gasteiger partial charge in [-0.15, -0.1) is 0 Å². The Morgan fingerprint density at radius 3 is 2.39 bits per heavy atom. The van der Waals surface area contributed by atoms with Crippen LogP contribution in [0.1, 0.15) is 16.7 Å². The molecule has 0 saturated carbocycles. The smallest absolute Gasteiger partial charge is 0.416 e. The molecule has 4 rings (SSSR count). The lowest BCUT2D eigenvalue weighted by atomic mass is 10.1. The molecular weight excluding hydrogens is 433 g/mol. The van der Waals surface area contributed by atoms with Crippen molar-refractivity contribution in [3.63, 3.8) is 0 Å². The molecule has 2 aromatic carbocycles. The molecule has 31 heavy (non-hydrogen) atoms. The van der Waals surface area contributed by atoms with Gasteiger partial charge in [-0.3, -0.25) is 0 Å². The van der Waals surface area contributed by atoms with E-state index in [4.69, 9.17) is 21.1 Å². The summed E-state index contributed by atoms with van der Waals surface area (Å²) in [7, 11) is 0. The Bertz CT molecular complexity index is 1190. The van der Waals surface area contributed by atoms with Crippen molar-refractivity contribution in [2.45, 2.75) is 6.18 Å². The predicted octanol–water partition coefficient (Wildman–Crippen LogP) is 5.89. The fourth-order valence-corrected chi connectivity index (χ4v) is 2.83. The standard InChI is InChI=1S/C22H12ClF3N2O3/c23-15-7-9-16(10-8-15)30-19-17(2-1-11-27-19)20-28-18(21(29)31-20)12-13-3-5-14(6-4-13)22(24,25)26/h1-12H. The fraction of sp³-hybridized carbons (Fsp3) is 0.0455. The second kappa shape index (κ2) is 8.23. The first-order valence-electron chi connectivity index (χ1n) is 8.88. The van der Waals surface area contributed by atoms with Gasteiger partial charge < -0.3 is 9.47 Å². The van der Waals surface area contributed by atoms with E-state index in [1.807, 2.05) is 0 Å². The molecule has 0 bridgehead atoms. The lowest BCUT2D eigenvalue weighted by Crippen LogP contribution is -2.07. The summed E-state index contributed by atoms with van der Waals surface area (Å²) in [6.45, 7) is 0. The maximum atomic E-state index is 12.7. The summed E-state index contributed by atoms with van der Waals surface area (Å²) in [5.74, 6) is -0.140. The van der Waals surface area contributed by atoms with Crippen LogP contribution in [0.3, 0.4) is 0 Å². The highest BCUT2D eigenvalue weighted by Gasteiger charge is 2.30. The molecule has 0 saturated heterocycles. The average Bonchev–Trinajstić information content (AvgIpc) is 3.10. The van der Waals surface area contributed by atoms with Crippen molar-refractivity contribution in [1.29, 1.82) is 0 Å². The quantitative estimate of drug-likeness (QED) is 0.372. The molecule has 9 heteroatoms. The van der Waals surface area contributed by atoms with Crippen molar-refractivity contribution in [3.05, 3.63) is 94.3 Å². The monoisotopic (exact) mass is 444 g/mol. The summed E-state index contributed by atoms with van der Waals surface area (Å²) in [5.41, 5.74) is -0.140. The number of halogens is 4. The first-order valence-corrected chi connectivity index (χ1v) is 9.26. The van der Waals surface area contributed by atoms with Crippen LogP contribution < -0.4 is 4.74 Å². The Morgan fingerprint density at radius 1 is 1.00 bits per heavy atom. The first-order chi connectivity index (χ1) is 14.8. The van der Waals surface area contributed by atoms with E-state index >= 15 is 0 Å². The van der Waals surface area contributed by atoms with Crippen molar-refractivity contribution in [3.8, 4) is 11.6 Å². The molecule has 0 N–H and O–H groups in total. The number of carbonyl (C=O) groups is 1. The Morgan fingerprint density at radius 2 is 1.71 bits per heavy atom. The molecule has 156 valence electrons. The molecule has 1 aliphatic rings. The Balaban J connectivity index is 1.61. The topological polar surface area (TPSA) is 60.8 Å². The minimum absolute atomic E-state index is 0.0276. The Kier molecular flexibility index (Phi) is 5.48. The van der Waals surface area contributed by atoms with Gasteiger partial charge in [-0.1, -0.05) is 23.7 Å². The van der Waals surface area contributed by atoms with E-state index in [0.29, 0.717) is 21.9 Å². The van der Waals surface area contributed by atoms with Crippen LogP contribution in [0.5, 0.6) is 11.6 Å². The number of rotatable bonds is 4. The number of hydrogen-bond acceptors (Lipinski definition) is 5. The van der Waals surface area contributed by atoms with E-state index in [2.05, 4.69) is 9.98 Å². The maximum absolute atomic E-state index is 12.7. The number of carbonyl (C=O) groups excluding carboxylic acids is 1. The molecule has 5 nitrogen and oxygen atoms in total. The maximum Gasteiger partial charge on any atom is 0.416 e. The molecule has 1 aromatic heterocycles. The molecule has 0 spiro atoms. The van der Waals surface area contributed by atoms with Crippen LogP contribution in [-0.2, 0) is 15.7 Å². The third-order valence-corrected chi connectivity index (χ3v) is 4.44. The molecular formula is C22H12ClF3N2O3. The van der Waals surface area contributed by atoms with Gasteiger partial charge >= 0.3 is 12.1 Å². The zero-order chi connectivity index (χ0) is 22.0. The number of esters is 1. The van der Waals surface area contributed by atoms with Crippen LogP contribution in [0, 0.1) is 0 Å². The molecule has 0 amide bonds. The molecule has 0 aliphatic carbocycles. The second-order valence-electron chi connectivity index (χ2n) is 6.37. The summed E-state index contributed by atoms with van der Waals surface area (Å²) >= 11 is 5.87. The number of aliphatic imine (C=N–C) groups is 1. The summed E-state index contributed by atoms with van der Waals surface area (Å²) < 4.78 is 49.1. The molecule has 0 unspecified atom stereocenters. The SMILES string of the molecule is O=C1OC(c2cccnc2Oc2ccc(Cl)cc2)=NC1=Cc1ccc(C(F)(F)F)cc1. The molecule has 0 fully saturated rings. The summed E-state index contributed by atoms with van der Waals surface area (Å²) in [4.78, 5) is 20.6. The molecule has 0 atom stereocenters. The van der Waals surface area contributed by atoms with Crippen molar-refractivity contribution >= 4 is 29.5 Å². The van der Waals surface area contributed by atoms with Gasteiger partial charge in [0.15, 0.2) is 5.70 Å².